The lowest BCUT2D eigenvalue weighted by atomic mass is 10.1. The second kappa shape index (κ2) is 5.90. The molecule has 108 valence electrons. The first kappa shape index (κ1) is 14.3. The maximum atomic E-state index is 13.2. The van der Waals surface area contributed by atoms with Crippen molar-refractivity contribution < 1.29 is 23.8 Å². The van der Waals surface area contributed by atoms with Gasteiger partial charge >= 0.3 is 5.97 Å². The van der Waals surface area contributed by atoms with Gasteiger partial charge in [-0.2, -0.15) is 0 Å². The molecule has 1 amide bonds. The summed E-state index contributed by atoms with van der Waals surface area (Å²) >= 11 is 0. The monoisotopic (exact) mass is 281 g/mol. The van der Waals surface area contributed by atoms with E-state index in [9.17, 15) is 14.0 Å². The van der Waals surface area contributed by atoms with E-state index in [1.165, 1.54) is 30.2 Å². The number of methoxy groups -OCH3 is 1. The molecule has 1 heterocycles. The molecule has 0 aromatic heterocycles. The van der Waals surface area contributed by atoms with E-state index in [1.807, 2.05) is 0 Å². The molecule has 0 saturated carbocycles. The van der Waals surface area contributed by atoms with Crippen LogP contribution in [0.3, 0.4) is 0 Å². The number of carbonyl (C=O) groups is 2. The third-order valence-corrected chi connectivity index (χ3v) is 3.44. The normalized spacial score (nSPS) is 18.1. The summed E-state index contributed by atoms with van der Waals surface area (Å²) in [4.78, 5) is 24.6. The summed E-state index contributed by atoms with van der Waals surface area (Å²) in [7, 11) is 1.44. The van der Waals surface area contributed by atoms with Gasteiger partial charge in [-0.25, -0.2) is 9.18 Å². The van der Waals surface area contributed by atoms with E-state index in [-0.39, 0.29) is 12.3 Å². The molecule has 1 fully saturated rings. The summed E-state index contributed by atoms with van der Waals surface area (Å²) in [5, 5.41) is 9.06. The van der Waals surface area contributed by atoms with Crippen molar-refractivity contribution in [2.75, 3.05) is 13.7 Å². The average molecular weight is 281 g/mol. The largest absolute Gasteiger partial charge is 0.496 e. The molecule has 0 bridgehead atoms. The lowest BCUT2D eigenvalue weighted by Crippen LogP contribution is -2.41. The van der Waals surface area contributed by atoms with E-state index < -0.39 is 17.8 Å². The molecule has 5 nitrogen and oxygen atoms in total. The van der Waals surface area contributed by atoms with Crippen LogP contribution in [0.5, 0.6) is 5.75 Å². The Hall–Kier alpha value is -2.11. The second-order valence-electron chi connectivity index (χ2n) is 4.72. The molecule has 2 rings (SSSR count). The fourth-order valence-corrected chi connectivity index (χ4v) is 2.47. The van der Waals surface area contributed by atoms with E-state index >= 15 is 0 Å². The van der Waals surface area contributed by atoms with Gasteiger partial charge in [0.05, 0.1) is 13.5 Å². The molecule has 1 saturated heterocycles. The first-order valence-corrected chi connectivity index (χ1v) is 6.37. The topological polar surface area (TPSA) is 66.8 Å². The fourth-order valence-electron chi connectivity index (χ4n) is 2.47. The number of halogens is 1. The summed E-state index contributed by atoms with van der Waals surface area (Å²) < 4.78 is 18.3. The summed E-state index contributed by atoms with van der Waals surface area (Å²) in [5.41, 5.74) is 0.425. The number of benzene rings is 1. The quantitative estimate of drug-likeness (QED) is 0.907. The van der Waals surface area contributed by atoms with Gasteiger partial charge in [0.15, 0.2) is 0 Å². The number of amides is 1. The van der Waals surface area contributed by atoms with Gasteiger partial charge in [-0.05, 0) is 31.0 Å². The predicted molar refractivity (Wildman–Crippen MR) is 69.0 cm³/mol. The third-order valence-electron chi connectivity index (χ3n) is 3.44. The molecular formula is C14H16FNO4. The van der Waals surface area contributed by atoms with Crippen LogP contribution in [0.25, 0.3) is 0 Å². The number of aliphatic carboxylic acids is 1. The van der Waals surface area contributed by atoms with Crippen molar-refractivity contribution in [2.45, 2.75) is 25.3 Å². The molecule has 1 N–H and O–H groups in total. The van der Waals surface area contributed by atoms with Gasteiger partial charge in [-0.15, -0.1) is 0 Å². The number of ether oxygens (including phenoxy) is 1. The van der Waals surface area contributed by atoms with Gasteiger partial charge in [0.1, 0.15) is 17.6 Å². The Balaban J connectivity index is 2.15. The minimum absolute atomic E-state index is 0.0648. The molecule has 0 spiro atoms. The molecule has 1 atom stereocenters. The van der Waals surface area contributed by atoms with Crippen molar-refractivity contribution >= 4 is 11.9 Å². The van der Waals surface area contributed by atoms with E-state index in [0.29, 0.717) is 30.7 Å². The van der Waals surface area contributed by atoms with E-state index in [4.69, 9.17) is 9.84 Å². The molecule has 0 radical (unpaired) electrons. The Bertz CT molecular complexity index is 532. The maximum absolute atomic E-state index is 13.2. The first-order valence-electron chi connectivity index (χ1n) is 6.37. The zero-order chi connectivity index (χ0) is 14.7. The number of carboxylic acid groups (broad SMARTS) is 1. The van der Waals surface area contributed by atoms with Gasteiger partial charge in [0.2, 0.25) is 5.91 Å². The summed E-state index contributed by atoms with van der Waals surface area (Å²) in [6.07, 6.45) is 1.06. The van der Waals surface area contributed by atoms with Crippen LogP contribution in [0.1, 0.15) is 18.4 Å². The summed E-state index contributed by atoms with van der Waals surface area (Å²) in [5.74, 6) is -1.35. The SMILES string of the molecule is COc1ccc(F)cc1CC(=O)N1CCC[C@H]1C(=O)O. The number of carbonyl (C=O) groups excluding carboxylic acids is 1. The van der Waals surface area contributed by atoms with Gasteiger partial charge in [-0.1, -0.05) is 0 Å². The first-order chi connectivity index (χ1) is 9.52. The van der Waals surface area contributed by atoms with Crippen LogP contribution in [0.2, 0.25) is 0 Å². The van der Waals surface area contributed by atoms with Crippen molar-refractivity contribution in [3.63, 3.8) is 0 Å². The number of likely N-dealkylation sites (tertiary alicyclic amines) is 1. The van der Waals surface area contributed by atoms with Gasteiger partial charge in [0, 0.05) is 12.1 Å². The van der Waals surface area contributed by atoms with Crippen molar-refractivity contribution in [3.05, 3.63) is 29.6 Å². The fraction of sp³-hybridized carbons (Fsp3) is 0.429. The molecule has 0 aliphatic carbocycles. The minimum atomic E-state index is -0.998. The van der Waals surface area contributed by atoms with Crippen LogP contribution in [0, 0.1) is 5.82 Å². The van der Waals surface area contributed by atoms with Gasteiger partial charge in [-0.3, -0.25) is 4.79 Å². The van der Waals surface area contributed by atoms with Crippen molar-refractivity contribution in [3.8, 4) is 5.75 Å². The number of carboxylic acids is 1. The maximum Gasteiger partial charge on any atom is 0.326 e. The van der Waals surface area contributed by atoms with E-state index in [1.54, 1.807) is 0 Å². The molecule has 1 aromatic carbocycles. The zero-order valence-corrected chi connectivity index (χ0v) is 11.1. The smallest absolute Gasteiger partial charge is 0.326 e. The highest BCUT2D eigenvalue weighted by Gasteiger charge is 2.33. The molecule has 1 aliphatic rings. The molecule has 1 aliphatic heterocycles. The second-order valence-corrected chi connectivity index (χ2v) is 4.72. The molecule has 20 heavy (non-hydrogen) atoms. The molecule has 6 heteroatoms. The van der Waals surface area contributed by atoms with Crippen molar-refractivity contribution in [1.29, 1.82) is 0 Å². The summed E-state index contributed by atoms with van der Waals surface area (Å²) in [6, 6.07) is 3.17. The summed E-state index contributed by atoms with van der Waals surface area (Å²) in [6.45, 7) is 0.424. The van der Waals surface area contributed by atoms with Crippen molar-refractivity contribution in [2.24, 2.45) is 0 Å². The Morgan fingerprint density at radius 2 is 2.25 bits per heavy atom. The number of rotatable bonds is 4. The number of hydrogen-bond acceptors (Lipinski definition) is 3. The Kier molecular flexibility index (Phi) is 4.22. The van der Waals surface area contributed by atoms with Crippen LogP contribution >= 0.6 is 0 Å². The van der Waals surface area contributed by atoms with Gasteiger partial charge in [0.25, 0.3) is 0 Å². The predicted octanol–water partition coefficient (Wildman–Crippen LogP) is 1.45. The third kappa shape index (κ3) is 2.89. The lowest BCUT2D eigenvalue weighted by molar-refractivity contribution is -0.148. The van der Waals surface area contributed by atoms with Crippen LogP contribution in [0.4, 0.5) is 4.39 Å². The standard InChI is InChI=1S/C14H16FNO4/c1-20-12-5-4-10(15)7-9(12)8-13(17)16-6-2-3-11(16)14(18)19/h4-5,7,11H,2-3,6,8H2,1H3,(H,18,19)/t11-/m0/s1. The van der Waals surface area contributed by atoms with Crippen LogP contribution in [-0.4, -0.2) is 41.6 Å². The Labute approximate surface area is 116 Å². The van der Waals surface area contributed by atoms with Crippen molar-refractivity contribution in [1.82, 2.24) is 4.90 Å². The van der Waals surface area contributed by atoms with Crippen LogP contribution in [0.15, 0.2) is 18.2 Å². The number of nitrogens with zero attached hydrogens (tertiary/aromatic N) is 1. The highest BCUT2D eigenvalue weighted by Crippen LogP contribution is 2.23. The average Bonchev–Trinajstić information content (AvgIpc) is 2.88. The minimum Gasteiger partial charge on any atom is -0.496 e. The molecular weight excluding hydrogens is 265 g/mol. The zero-order valence-electron chi connectivity index (χ0n) is 11.1. The highest BCUT2D eigenvalue weighted by molar-refractivity contribution is 5.85. The Morgan fingerprint density at radius 3 is 2.90 bits per heavy atom. The number of hydrogen-bond donors (Lipinski definition) is 1. The highest BCUT2D eigenvalue weighted by atomic mass is 19.1. The van der Waals surface area contributed by atoms with E-state index in [0.717, 1.165) is 0 Å². The molecule has 0 unspecified atom stereocenters. The Morgan fingerprint density at radius 1 is 1.50 bits per heavy atom. The van der Waals surface area contributed by atoms with E-state index in [2.05, 4.69) is 0 Å². The van der Waals surface area contributed by atoms with Gasteiger partial charge < -0.3 is 14.7 Å². The van der Waals surface area contributed by atoms with Crippen LogP contribution < -0.4 is 4.74 Å². The molecule has 1 aromatic rings. The lowest BCUT2D eigenvalue weighted by Gasteiger charge is -2.21. The van der Waals surface area contributed by atoms with Crippen LogP contribution in [-0.2, 0) is 16.0 Å².